The van der Waals surface area contributed by atoms with Gasteiger partial charge in [0.15, 0.2) is 0 Å². The van der Waals surface area contributed by atoms with Gasteiger partial charge in [0.05, 0.1) is 0 Å². The Labute approximate surface area is 108 Å². The van der Waals surface area contributed by atoms with Crippen LogP contribution in [0.1, 0.15) is 11.5 Å². The number of hydrogen-bond donors (Lipinski definition) is 1. The maximum Gasteiger partial charge on any atom is 0.0477 e. The van der Waals surface area contributed by atoms with Gasteiger partial charge in [-0.05, 0) is 23.4 Å². The van der Waals surface area contributed by atoms with Crippen LogP contribution < -0.4 is 0 Å². The van der Waals surface area contributed by atoms with E-state index in [2.05, 4.69) is 54.4 Å². The zero-order valence-corrected chi connectivity index (χ0v) is 10.7. The number of hydrogen-bond acceptors (Lipinski definition) is 2. The molecular weight excluding hydrogens is 222 g/mol. The van der Waals surface area contributed by atoms with Gasteiger partial charge in [0.25, 0.3) is 0 Å². The Morgan fingerprint density at radius 3 is 2.72 bits per heavy atom. The number of aliphatic hydroxyl groups is 1. The predicted molar refractivity (Wildman–Crippen MR) is 74.8 cm³/mol. The molecule has 0 spiro atoms. The molecule has 0 saturated carbocycles. The first-order valence-electron chi connectivity index (χ1n) is 6.56. The van der Waals surface area contributed by atoms with Crippen molar-refractivity contribution in [2.45, 2.75) is 5.92 Å². The topological polar surface area (TPSA) is 23.5 Å². The van der Waals surface area contributed by atoms with Crippen molar-refractivity contribution in [3.8, 4) is 0 Å². The standard InChI is InChI=1S/C16H19NO/c1-17-9-13(11-18)16(10-17)15-8-4-6-12-5-2-3-7-14(12)15/h2-8,13,16,18H,9-11H2,1H3/t13-,16-/m0/s1. The summed E-state index contributed by atoms with van der Waals surface area (Å²) in [4.78, 5) is 2.31. The van der Waals surface area contributed by atoms with E-state index in [-0.39, 0.29) is 6.61 Å². The van der Waals surface area contributed by atoms with Crippen molar-refractivity contribution < 1.29 is 5.11 Å². The van der Waals surface area contributed by atoms with Crippen LogP contribution in [0.2, 0.25) is 0 Å². The van der Waals surface area contributed by atoms with Crippen LogP contribution in [0.5, 0.6) is 0 Å². The zero-order chi connectivity index (χ0) is 12.5. The lowest BCUT2D eigenvalue weighted by Crippen LogP contribution is -2.16. The third-order valence-corrected chi connectivity index (χ3v) is 4.08. The number of likely N-dealkylation sites (tertiary alicyclic amines) is 1. The first-order chi connectivity index (χ1) is 8.79. The molecule has 1 fully saturated rings. The van der Waals surface area contributed by atoms with E-state index in [1.54, 1.807) is 0 Å². The minimum atomic E-state index is 0.276. The van der Waals surface area contributed by atoms with Gasteiger partial charge in [-0.3, -0.25) is 0 Å². The highest BCUT2D eigenvalue weighted by atomic mass is 16.3. The Bertz CT molecular complexity index is 546. The zero-order valence-electron chi connectivity index (χ0n) is 10.7. The molecule has 0 unspecified atom stereocenters. The smallest absolute Gasteiger partial charge is 0.0477 e. The Morgan fingerprint density at radius 1 is 1.11 bits per heavy atom. The van der Waals surface area contributed by atoms with Gasteiger partial charge in [0.1, 0.15) is 0 Å². The second-order valence-electron chi connectivity index (χ2n) is 5.34. The van der Waals surface area contributed by atoms with E-state index in [9.17, 15) is 5.11 Å². The molecule has 2 nitrogen and oxygen atoms in total. The van der Waals surface area contributed by atoms with Gasteiger partial charge in [-0.1, -0.05) is 42.5 Å². The molecule has 2 aromatic carbocycles. The highest BCUT2D eigenvalue weighted by Gasteiger charge is 2.32. The lowest BCUT2D eigenvalue weighted by molar-refractivity contribution is 0.220. The normalized spacial score (nSPS) is 24.8. The van der Waals surface area contributed by atoms with E-state index < -0.39 is 0 Å². The van der Waals surface area contributed by atoms with Crippen molar-refractivity contribution >= 4 is 10.8 Å². The number of rotatable bonds is 2. The molecule has 0 aliphatic carbocycles. The van der Waals surface area contributed by atoms with Crippen LogP contribution in [0.15, 0.2) is 42.5 Å². The summed E-state index contributed by atoms with van der Waals surface area (Å²) in [7, 11) is 2.13. The van der Waals surface area contributed by atoms with Crippen molar-refractivity contribution in [1.29, 1.82) is 0 Å². The lowest BCUT2D eigenvalue weighted by Gasteiger charge is -2.18. The molecule has 0 bridgehead atoms. The molecule has 1 aliphatic heterocycles. The number of fused-ring (bicyclic) bond motifs is 1. The average Bonchev–Trinajstić information content (AvgIpc) is 2.79. The molecule has 1 heterocycles. The first-order valence-corrected chi connectivity index (χ1v) is 6.56. The van der Waals surface area contributed by atoms with Crippen molar-refractivity contribution in [2.75, 3.05) is 26.7 Å². The molecule has 2 heteroatoms. The van der Waals surface area contributed by atoms with Gasteiger partial charge in [-0.25, -0.2) is 0 Å². The van der Waals surface area contributed by atoms with E-state index in [1.807, 2.05) is 0 Å². The Morgan fingerprint density at radius 2 is 1.89 bits per heavy atom. The Balaban J connectivity index is 2.08. The maximum atomic E-state index is 9.56. The number of likely N-dealkylation sites (N-methyl/N-ethyl adjacent to an activating group) is 1. The first kappa shape index (κ1) is 11.7. The van der Waals surface area contributed by atoms with Crippen LogP contribution in [0, 0.1) is 5.92 Å². The predicted octanol–water partition coefficient (Wildman–Crippen LogP) is 2.48. The minimum absolute atomic E-state index is 0.276. The van der Waals surface area contributed by atoms with Crippen molar-refractivity contribution in [3.05, 3.63) is 48.0 Å². The summed E-state index contributed by atoms with van der Waals surface area (Å²) in [6, 6.07) is 15.0. The summed E-state index contributed by atoms with van der Waals surface area (Å²) in [6.07, 6.45) is 0. The monoisotopic (exact) mass is 241 g/mol. The van der Waals surface area contributed by atoms with Crippen LogP contribution in [-0.2, 0) is 0 Å². The fraction of sp³-hybridized carbons (Fsp3) is 0.375. The molecule has 94 valence electrons. The van der Waals surface area contributed by atoms with Crippen molar-refractivity contribution in [3.63, 3.8) is 0 Å². The van der Waals surface area contributed by atoms with Crippen LogP contribution in [0.25, 0.3) is 10.8 Å². The number of nitrogens with zero attached hydrogens (tertiary/aromatic N) is 1. The minimum Gasteiger partial charge on any atom is -0.396 e. The molecule has 0 radical (unpaired) electrons. The fourth-order valence-electron chi connectivity index (χ4n) is 3.20. The molecule has 1 N–H and O–H groups in total. The van der Waals surface area contributed by atoms with Gasteiger partial charge in [-0.15, -0.1) is 0 Å². The Kier molecular flexibility index (Phi) is 3.06. The fourth-order valence-corrected chi connectivity index (χ4v) is 3.20. The highest BCUT2D eigenvalue weighted by molar-refractivity contribution is 5.86. The second kappa shape index (κ2) is 4.71. The summed E-state index contributed by atoms with van der Waals surface area (Å²) >= 11 is 0. The van der Waals surface area contributed by atoms with Crippen LogP contribution in [0.4, 0.5) is 0 Å². The summed E-state index contributed by atoms with van der Waals surface area (Å²) in [5.41, 5.74) is 1.39. The van der Waals surface area contributed by atoms with E-state index in [1.165, 1.54) is 16.3 Å². The van der Waals surface area contributed by atoms with E-state index in [0.717, 1.165) is 13.1 Å². The molecule has 1 saturated heterocycles. The maximum absolute atomic E-state index is 9.56. The summed E-state index contributed by atoms with van der Waals surface area (Å²) < 4.78 is 0. The van der Waals surface area contributed by atoms with Gasteiger partial charge in [0, 0.05) is 31.5 Å². The molecule has 18 heavy (non-hydrogen) atoms. The molecular formula is C16H19NO. The quantitative estimate of drug-likeness (QED) is 0.873. The van der Waals surface area contributed by atoms with E-state index >= 15 is 0 Å². The van der Waals surface area contributed by atoms with Crippen LogP contribution in [0.3, 0.4) is 0 Å². The van der Waals surface area contributed by atoms with E-state index in [0.29, 0.717) is 11.8 Å². The average molecular weight is 241 g/mol. The Hall–Kier alpha value is -1.38. The lowest BCUT2D eigenvalue weighted by atomic mass is 9.86. The molecule has 0 amide bonds. The van der Waals surface area contributed by atoms with Crippen LogP contribution in [-0.4, -0.2) is 36.8 Å². The number of benzene rings is 2. The summed E-state index contributed by atoms with van der Waals surface area (Å²) in [6.45, 7) is 2.31. The summed E-state index contributed by atoms with van der Waals surface area (Å²) in [5.74, 6) is 0.812. The van der Waals surface area contributed by atoms with Crippen LogP contribution >= 0.6 is 0 Å². The summed E-state index contributed by atoms with van der Waals surface area (Å²) in [5, 5.41) is 12.2. The SMILES string of the molecule is CN1C[C@@H](CO)[C@@H](c2cccc3ccccc23)C1. The second-order valence-corrected chi connectivity index (χ2v) is 5.34. The molecule has 1 aliphatic rings. The molecule has 2 aromatic rings. The highest BCUT2D eigenvalue weighted by Crippen LogP contribution is 2.35. The third kappa shape index (κ3) is 1.92. The molecule has 2 atom stereocenters. The van der Waals surface area contributed by atoms with Gasteiger partial charge >= 0.3 is 0 Å². The third-order valence-electron chi connectivity index (χ3n) is 4.08. The molecule has 0 aromatic heterocycles. The number of aliphatic hydroxyl groups excluding tert-OH is 1. The van der Waals surface area contributed by atoms with E-state index in [4.69, 9.17) is 0 Å². The van der Waals surface area contributed by atoms with Crippen molar-refractivity contribution in [1.82, 2.24) is 4.90 Å². The van der Waals surface area contributed by atoms with Gasteiger partial charge < -0.3 is 10.0 Å². The largest absolute Gasteiger partial charge is 0.396 e. The van der Waals surface area contributed by atoms with Crippen molar-refractivity contribution in [2.24, 2.45) is 5.92 Å². The van der Waals surface area contributed by atoms with Gasteiger partial charge in [0.2, 0.25) is 0 Å². The molecule has 3 rings (SSSR count). The van der Waals surface area contributed by atoms with Gasteiger partial charge in [-0.2, -0.15) is 0 Å².